The van der Waals surface area contributed by atoms with Crippen LogP contribution in [0.4, 0.5) is 0 Å². The molecule has 1 aromatic heterocycles. The highest BCUT2D eigenvalue weighted by Gasteiger charge is 2.17. The first-order valence-corrected chi connectivity index (χ1v) is 5.56. The molecule has 0 bridgehead atoms. The zero-order valence-electron chi connectivity index (χ0n) is 8.79. The molecule has 0 saturated carbocycles. The summed E-state index contributed by atoms with van der Waals surface area (Å²) in [6.07, 6.45) is 6.65. The smallest absolute Gasteiger partial charge is 0.0436 e. The van der Waals surface area contributed by atoms with E-state index in [0.29, 0.717) is 6.04 Å². The summed E-state index contributed by atoms with van der Waals surface area (Å²) in [6.45, 7) is 3.35. The number of hydrogen-bond donors (Lipinski definition) is 1. The van der Waals surface area contributed by atoms with Crippen molar-refractivity contribution in [2.24, 2.45) is 0 Å². The molecule has 1 unspecified atom stereocenters. The maximum Gasteiger partial charge on any atom is 0.0436 e. The van der Waals surface area contributed by atoms with Crippen LogP contribution in [-0.2, 0) is 12.8 Å². The third-order valence-corrected chi connectivity index (χ3v) is 2.86. The Morgan fingerprint density at radius 1 is 1.57 bits per heavy atom. The molecule has 0 saturated heterocycles. The van der Waals surface area contributed by atoms with E-state index in [0.717, 1.165) is 19.4 Å². The molecule has 0 radical (unpaired) electrons. The number of nitrogens with one attached hydrogen (secondary N) is 1. The summed E-state index contributed by atoms with van der Waals surface area (Å²) in [5, 5.41) is 3.58. The second-order valence-electron chi connectivity index (χ2n) is 4.00. The van der Waals surface area contributed by atoms with Gasteiger partial charge >= 0.3 is 0 Å². The highest BCUT2D eigenvalue weighted by molar-refractivity contribution is 5.23. The van der Waals surface area contributed by atoms with Crippen molar-refractivity contribution in [3.05, 3.63) is 29.6 Å². The molecule has 2 heteroatoms. The first-order valence-electron chi connectivity index (χ1n) is 5.56. The molecule has 2 nitrogen and oxygen atoms in total. The number of rotatable bonds is 3. The molecule has 0 aliphatic heterocycles. The fourth-order valence-electron chi connectivity index (χ4n) is 2.08. The average molecular weight is 190 g/mol. The minimum Gasteiger partial charge on any atom is -0.314 e. The summed E-state index contributed by atoms with van der Waals surface area (Å²) in [7, 11) is 0. The Hall–Kier alpha value is -0.890. The topological polar surface area (TPSA) is 24.9 Å². The van der Waals surface area contributed by atoms with E-state index in [9.17, 15) is 0 Å². The summed E-state index contributed by atoms with van der Waals surface area (Å²) in [5.41, 5.74) is 2.74. The third kappa shape index (κ3) is 2.13. The molecule has 1 heterocycles. The number of fused-ring (bicyclic) bond motifs is 1. The van der Waals surface area contributed by atoms with Gasteiger partial charge < -0.3 is 5.32 Å². The lowest BCUT2D eigenvalue weighted by Gasteiger charge is -2.24. The Morgan fingerprint density at radius 3 is 3.36 bits per heavy atom. The van der Waals surface area contributed by atoms with Crippen LogP contribution in [0.1, 0.15) is 31.0 Å². The summed E-state index contributed by atoms with van der Waals surface area (Å²) >= 11 is 0. The van der Waals surface area contributed by atoms with Gasteiger partial charge in [-0.1, -0.05) is 13.0 Å². The van der Waals surface area contributed by atoms with E-state index in [1.807, 2.05) is 12.3 Å². The minimum atomic E-state index is 0.673. The molecule has 76 valence electrons. The van der Waals surface area contributed by atoms with Gasteiger partial charge in [0.25, 0.3) is 0 Å². The van der Waals surface area contributed by atoms with Crippen LogP contribution in [0, 0.1) is 0 Å². The molecular weight excluding hydrogens is 172 g/mol. The van der Waals surface area contributed by atoms with Gasteiger partial charge in [-0.15, -0.1) is 0 Å². The monoisotopic (exact) mass is 190 g/mol. The van der Waals surface area contributed by atoms with Crippen molar-refractivity contribution in [1.29, 1.82) is 0 Å². The SMILES string of the molecule is CCCNC1CCc2ncccc2C1. The Labute approximate surface area is 85.7 Å². The zero-order chi connectivity index (χ0) is 9.80. The van der Waals surface area contributed by atoms with Crippen molar-refractivity contribution >= 4 is 0 Å². The van der Waals surface area contributed by atoms with E-state index in [1.54, 1.807) is 0 Å². The zero-order valence-corrected chi connectivity index (χ0v) is 8.79. The van der Waals surface area contributed by atoms with Crippen LogP contribution < -0.4 is 5.32 Å². The molecule has 2 rings (SSSR count). The molecule has 1 aliphatic rings. The van der Waals surface area contributed by atoms with Crippen LogP contribution in [-0.4, -0.2) is 17.6 Å². The normalized spacial score (nSPS) is 20.5. The Balaban J connectivity index is 1.99. The lowest BCUT2D eigenvalue weighted by atomic mass is 9.92. The molecule has 0 amide bonds. The summed E-state index contributed by atoms with van der Waals surface area (Å²) in [5.74, 6) is 0. The van der Waals surface area contributed by atoms with E-state index in [1.165, 1.54) is 24.1 Å². The standard InChI is InChI=1S/C12H18N2/c1-2-7-13-11-5-6-12-10(9-11)4-3-8-14-12/h3-4,8,11,13H,2,5-7,9H2,1H3. The largest absolute Gasteiger partial charge is 0.314 e. The molecule has 1 aromatic rings. The fourth-order valence-corrected chi connectivity index (χ4v) is 2.08. The molecule has 1 N–H and O–H groups in total. The molecule has 14 heavy (non-hydrogen) atoms. The maximum absolute atomic E-state index is 4.41. The van der Waals surface area contributed by atoms with Crippen LogP contribution in [0.5, 0.6) is 0 Å². The van der Waals surface area contributed by atoms with Gasteiger partial charge in [0.05, 0.1) is 0 Å². The highest BCUT2D eigenvalue weighted by Crippen LogP contribution is 2.18. The summed E-state index contributed by atoms with van der Waals surface area (Å²) in [4.78, 5) is 4.41. The van der Waals surface area contributed by atoms with Gasteiger partial charge in [-0.05, 0) is 43.9 Å². The van der Waals surface area contributed by atoms with E-state index >= 15 is 0 Å². The predicted molar refractivity (Wildman–Crippen MR) is 58.3 cm³/mol. The fraction of sp³-hybridized carbons (Fsp3) is 0.583. The van der Waals surface area contributed by atoms with Crippen molar-refractivity contribution in [3.8, 4) is 0 Å². The number of pyridine rings is 1. The van der Waals surface area contributed by atoms with Crippen LogP contribution in [0.25, 0.3) is 0 Å². The summed E-state index contributed by atoms with van der Waals surface area (Å²) in [6, 6.07) is 4.93. The minimum absolute atomic E-state index is 0.673. The lowest BCUT2D eigenvalue weighted by Crippen LogP contribution is -2.35. The third-order valence-electron chi connectivity index (χ3n) is 2.86. The molecule has 0 fully saturated rings. The van der Waals surface area contributed by atoms with E-state index in [2.05, 4.69) is 23.3 Å². The number of hydrogen-bond acceptors (Lipinski definition) is 2. The van der Waals surface area contributed by atoms with Gasteiger partial charge in [-0.2, -0.15) is 0 Å². The predicted octanol–water partition coefficient (Wildman–Crippen LogP) is 1.94. The second-order valence-corrected chi connectivity index (χ2v) is 4.00. The van der Waals surface area contributed by atoms with E-state index in [-0.39, 0.29) is 0 Å². The van der Waals surface area contributed by atoms with Crippen molar-refractivity contribution in [1.82, 2.24) is 10.3 Å². The Bertz CT molecular complexity index is 296. The first-order chi connectivity index (χ1) is 6.90. The highest BCUT2D eigenvalue weighted by atomic mass is 14.9. The van der Waals surface area contributed by atoms with Gasteiger partial charge in [0, 0.05) is 17.9 Å². The number of nitrogens with zero attached hydrogens (tertiary/aromatic N) is 1. The van der Waals surface area contributed by atoms with Crippen molar-refractivity contribution in [3.63, 3.8) is 0 Å². The second kappa shape index (κ2) is 4.56. The first kappa shape index (κ1) is 9.66. The average Bonchev–Trinajstić information content (AvgIpc) is 2.26. The quantitative estimate of drug-likeness (QED) is 0.788. The van der Waals surface area contributed by atoms with Gasteiger partial charge in [0.1, 0.15) is 0 Å². The van der Waals surface area contributed by atoms with Gasteiger partial charge in [0.2, 0.25) is 0 Å². The Morgan fingerprint density at radius 2 is 2.50 bits per heavy atom. The number of aromatic nitrogens is 1. The van der Waals surface area contributed by atoms with E-state index in [4.69, 9.17) is 0 Å². The molecule has 0 spiro atoms. The van der Waals surface area contributed by atoms with Crippen molar-refractivity contribution < 1.29 is 0 Å². The number of aryl methyl sites for hydroxylation is 1. The molecule has 1 aliphatic carbocycles. The summed E-state index contributed by atoms with van der Waals surface area (Å²) < 4.78 is 0. The van der Waals surface area contributed by atoms with Crippen molar-refractivity contribution in [2.45, 2.75) is 38.6 Å². The van der Waals surface area contributed by atoms with Crippen LogP contribution in [0.15, 0.2) is 18.3 Å². The van der Waals surface area contributed by atoms with Gasteiger partial charge in [-0.25, -0.2) is 0 Å². The Kier molecular flexibility index (Phi) is 3.14. The maximum atomic E-state index is 4.41. The lowest BCUT2D eigenvalue weighted by molar-refractivity contribution is 0.454. The van der Waals surface area contributed by atoms with Gasteiger partial charge in [0.15, 0.2) is 0 Å². The van der Waals surface area contributed by atoms with Crippen molar-refractivity contribution in [2.75, 3.05) is 6.54 Å². The van der Waals surface area contributed by atoms with E-state index < -0.39 is 0 Å². The van der Waals surface area contributed by atoms with Crippen LogP contribution in [0.3, 0.4) is 0 Å². The van der Waals surface area contributed by atoms with Gasteiger partial charge in [-0.3, -0.25) is 4.98 Å². The molecule has 1 atom stereocenters. The van der Waals surface area contributed by atoms with Crippen LogP contribution >= 0.6 is 0 Å². The molecular formula is C12H18N2. The molecule has 0 aromatic carbocycles. The van der Waals surface area contributed by atoms with Crippen LogP contribution in [0.2, 0.25) is 0 Å².